The SMILES string of the molecule is CCn1cc(C(C)Nc2cnn(CC(=O)NC)c2)cn1. The summed E-state index contributed by atoms with van der Waals surface area (Å²) >= 11 is 0. The smallest absolute Gasteiger partial charge is 0.241 e. The van der Waals surface area contributed by atoms with E-state index in [0.717, 1.165) is 17.8 Å². The highest BCUT2D eigenvalue weighted by atomic mass is 16.1. The van der Waals surface area contributed by atoms with Crippen molar-refractivity contribution in [3.8, 4) is 0 Å². The van der Waals surface area contributed by atoms with Crippen LogP contribution >= 0.6 is 0 Å². The van der Waals surface area contributed by atoms with Crippen molar-refractivity contribution < 1.29 is 4.79 Å². The molecule has 20 heavy (non-hydrogen) atoms. The van der Waals surface area contributed by atoms with Crippen LogP contribution in [-0.2, 0) is 17.9 Å². The molecule has 2 heterocycles. The zero-order chi connectivity index (χ0) is 14.5. The zero-order valence-corrected chi connectivity index (χ0v) is 12.0. The van der Waals surface area contributed by atoms with Gasteiger partial charge in [-0.25, -0.2) is 0 Å². The molecule has 1 unspecified atom stereocenters. The van der Waals surface area contributed by atoms with Gasteiger partial charge in [0.2, 0.25) is 5.91 Å². The van der Waals surface area contributed by atoms with Gasteiger partial charge in [-0.15, -0.1) is 0 Å². The van der Waals surface area contributed by atoms with E-state index in [4.69, 9.17) is 0 Å². The van der Waals surface area contributed by atoms with Crippen LogP contribution in [0.2, 0.25) is 0 Å². The highest BCUT2D eigenvalue weighted by Crippen LogP contribution is 2.18. The lowest BCUT2D eigenvalue weighted by atomic mass is 10.2. The average molecular weight is 276 g/mol. The van der Waals surface area contributed by atoms with E-state index in [1.165, 1.54) is 0 Å². The van der Waals surface area contributed by atoms with E-state index in [-0.39, 0.29) is 18.5 Å². The molecule has 7 nitrogen and oxygen atoms in total. The Morgan fingerprint density at radius 3 is 2.70 bits per heavy atom. The fraction of sp³-hybridized carbons (Fsp3) is 0.462. The van der Waals surface area contributed by atoms with E-state index in [1.54, 1.807) is 17.9 Å². The minimum absolute atomic E-state index is 0.0723. The van der Waals surface area contributed by atoms with Gasteiger partial charge in [0.25, 0.3) is 0 Å². The second-order valence-corrected chi connectivity index (χ2v) is 4.60. The van der Waals surface area contributed by atoms with Crippen LogP contribution in [0.1, 0.15) is 25.5 Å². The molecular formula is C13H20N6O. The Balaban J connectivity index is 1.97. The third-order valence-corrected chi connectivity index (χ3v) is 3.08. The van der Waals surface area contributed by atoms with Crippen LogP contribution in [0.5, 0.6) is 0 Å². The Morgan fingerprint density at radius 1 is 1.30 bits per heavy atom. The average Bonchev–Trinajstić information content (AvgIpc) is 3.07. The molecule has 0 aliphatic carbocycles. The van der Waals surface area contributed by atoms with E-state index >= 15 is 0 Å². The first-order valence-electron chi connectivity index (χ1n) is 6.64. The van der Waals surface area contributed by atoms with Gasteiger partial charge in [0.1, 0.15) is 6.54 Å². The quantitative estimate of drug-likeness (QED) is 0.826. The van der Waals surface area contributed by atoms with E-state index in [1.807, 2.05) is 23.3 Å². The van der Waals surface area contributed by atoms with Crippen molar-refractivity contribution in [1.29, 1.82) is 0 Å². The van der Waals surface area contributed by atoms with E-state index in [9.17, 15) is 4.79 Å². The van der Waals surface area contributed by atoms with Crippen molar-refractivity contribution in [2.45, 2.75) is 33.0 Å². The Hall–Kier alpha value is -2.31. The van der Waals surface area contributed by atoms with Crippen molar-refractivity contribution in [3.05, 3.63) is 30.4 Å². The topological polar surface area (TPSA) is 76.8 Å². The van der Waals surface area contributed by atoms with Gasteiger partial charge in [-0.2, -0.15) is 10.2 Å². The first kappa shape index (κ1) is 14.1. The maximum atomic E-state index is 11.3. The number of rotatable bonds is 6. The normalized spacial score (nSPS) is 12.2. The summed E-state index contributed by atoms with van der Waals surface area (Å²) in [6.45, 7) is 5.20. The lowest BCUT2D eigenvalue weighted by Crippen LogP contribution is -2.23. The highest BCUT2D eigenvalue weighted by Gasteiger charge is 2.09. The minimum Gasteiger partial charge on any atom is -0.376 e. The number of hydrogen-bond acceptors (Lipinski definition) is 4. The summed E-state index contributed by atoms with van der Waals surface area (Å²) in [7, 11) is 1.61. The summed E-state index contributed by atoms with van der Waals surface area (Å²) in [6, 6.07) is 0.132. The maximum absolute atomic E-state index is 11.3. The van der Waals surface area contributed by atoms with Gasteiger partial charge in [0.05, 0.1) is 24.1 Å². The van der Waals surface area contributed by atoms with Gasteiger partial charge in [-0.1, -0.05) is 0 Å². The molecule has 0 aromatic carbocycles. The maximum Gasteiger partial charge on any atom is 0.241 e. The molecule has 0 saturated heterocycles. The summed E-state index contributed by atoms with van der Waals surface area (Å²) in [4.78, 5) is 11.3. The molecule has 1 amide bonds. The number of aromatic nitrogens is 4. The van der Waals surface area contributed by atoms with E-state index < -0.39 is 0 Å². The molecule has 0 bridgehead atoms. The van der Waals surface area contributed by atoms with Crippen molar-refractivity contribution in [1.82, 2.24) is 24.9 Å². The molecule has 7 heteroatoms. The van der Waals surface area contributed by atoms with Crippen molar-refractivity contribution in [2.75, 3.05) is 12.4 Å². The van der Waals surface area contributed by atoms with Crippen LogP contribution in [0, 0.1) is 0 Å². The molecule has 0 radical (unpaired) electrons. The standard InChI is InChI=1S/C13H20N6O/c1-4-18-7-11(5-15-18)10(2)17-12-6-16-19(8-12)9-13(20)14-3/h5-8,10,17H,4,9H2,1-3H3,(H,14,20). The lowest BCUT2D eigenvalue weighted by Gasteiger charge is -2.11. The first-order chi connectivity index (χ1) is 9.62. The number of aryl methyl sites for hydroxylation is 1. The largest absolute Gasteiger partial charge is 0.376 e. The van der Waals surface area contributed by atoms with Crippen LogP contribution < -0.4 is 10.6 Å². The lowest BCUT2D eigenvalue weighted by molar-refractivity contribution is -0.121. The molecule has 0 saturated carbocycles. The van der Waals surface area contributed by atoms with Gasteiger partial charge in [0, 0.05) is 31.5 Å². The molecule has 0 fully saturated rings. The van der Waals surface area contributed by atoms with Crippen LogP contribution in [-0.4, -0.2) is 32.5 Å². The Morgan fingerprint density at radius 2 is 2.05 bits per heavy atom. The van der Waals surface area contributed by atoms with Crippen molar-refractivity contribution in [2.24, 2.45) is 0 Å². The van der Waals surface area contributed by atoms with Crippen molar-refractivity contribution >= 4 is 11.6 Å². The Labute approximate surface area is 118 Å². The van der Waals surface area contributed by atoms with Gasteiger partial charge in [0.15, 0.2) is 0 Å². The van der Waals surface area contributed by atoms with E-state index in [0.29, 0.717) is 0 Å². The number of likely N-dealkylation sites (N-methyl/N-ethyl adjacent to an activating group) is 1. The third kappa shape index (κ3) is 3.37. The van der Waals surface area contributed by atoms with Crippen LogP contribution in [0.25, 0.3) is 0 Å². The summed E-state index contributed by atoms with van der Waals surface area (Å²) in [5.41, 5.74) is 2.00. The molecular weight excluding hydrogens is 256 g/mol. The molecule has 2 rings (SSSR count). The van der Waals surface area contributed by atoms with E-state index in [2.05, 4.69) is 34.7 Å². The monoisotopic (exact) mass is 276 g/mol. The molecule has 2 aromatic heterocycles. The van der Waals surface area contributed by atoms with Crippen molar-refractivity contribution in [3.63, 3.8) is 0 Å². The number of anilines is 1. The third-order valence-electron chi connectivity index (χ3n) is 3.08. The molecule has 1 atom stereocenters. The number of carbonyl (C=O) groups is 1. The summed E-state index contributed by atoms with van der Waals surface area (Å²) in [5.74, 6) is -0.0723. The highest BCUT2D eigenvalue weighted by molar-refractivity contribution is 5.75. The molecule has 0 aliphatic rings. The summed E-state index contributed by atoms with van der Waals surface area (Å²) in [5, 5.41) is 14.3. The number of carbonyl (C=O) groups excluding carboxylic acids is 1. The fourth-order valence-electron chi connectivity index (χ4n) is 1.86. The molecule has 2 aromatic rings. The zero-order valence-electron chi connectivity index (χ0n) is 12.0. The predicted molar refractivity (Wildman–Crippen MR) is 76.2 cm³/mol. The molecule has 0 aliphatic heterocycles. The number of amides is 1. The molecule has 2 N–H and O–H groups in total. The van der Waals surface area contributed by atoms with Crippen LogP contribution in [0.4, 0.5) is 5.69 Å². The van der Waals surface area contributed by atoms with Crippen LogP contribution in [0.15, 0.2) is 24.8 Å². The number of nitrogens with zero attached hydrogens (tertiary/aromatic N) is 4. The van der Waals surface area contributed by atoms with Gasteiger partial charge >= 0.3 is 0 Å². The van der Waals surface area contributed by atoms with Gasteiger partial charge in [-0.3, -0.25) is 14.2 Å². The second kappa shape index (κ2) is 6.23. The van der Waals surface area contributed by atoms with Crippen LogP contribution in [0.3, 0.4) is 0 Å². The molecule has 108 valence electrons. The number of hydrogen-bond donors (Lipinski definition) is 2. The van der Waals surface area contributed by atoms with Gasteiger partial charge in [-0.05, 0) is 13.8 Å². The first-order valence-corrected chi connectivity index (χ1v) is 6.64. The summed E-state index contributed by atoms with van der Waals surface area (Å²) < 4.78 is 3.49. The fourth-order valence-corrected chi connectivity index (χ4v) is 1.86. The Bertz CT molecular complexity index is 573. The number of nitrogens with one attached hydrogen (secondary N) is 2. The Kier molecular flexibility index (Phi) is 4.39. The second-order valence-electron chi connectivity index (χ2n) is 4.60. The summed E-state index contributed by atoms with van der Waals surface area (Å²) in [6.07, 6.45) is 7.41. The molecule has 0 spiro atoms. The minimum atomic E-state index is -0.0723. The van der Waals surface area contributed by atoms with Gasteiger partial charge < -0.3 is 10.6 Å². The predicted octanol–water partition coefficient (Wildman–Crippen LogP) is 1.02.